The lowest BCUT2D eigenvalue weighted by molar-refractivity contribution is 1.18. The Balaban J connectivity index is 1.10. The molecule has 0 spiro atoms. The molecule has 0 N–H and O–H groups in total. The fourth-order valence-electron chi connectivity index (χ4n) is 8.12. The molecule has 56 heavy (non-hydrogen) atoms. The molecule has 0 atom stereocenters. The Morgan fingerprint density at radius 1 is 0.357 bits per heavy atom. The molecule has 0 aliphatic carbocycles. The number of fused-ring (bicyclic) bond motifs is 6. The van der Waals surface area contributed by atoms with Gasteiger partial charge in [-0.1, -0.05) is 152 Å². The van der Waals surface area contributed by atoms with Crippen LogP contribution in [0.25, 0.3) is 104 Å². The molecule has 8 aromatic carbocycles. The van der Waals surface area contributed by atoms with E-state index in [0.29, 0.717) is 0 Å². The number of benzene rings is 8. The molecule has 0 saturated carbocycles. The van der Waals surface area contributed by atoms with Crippen molar-refractivity contribution in [2.75, 3.05) is 0 Å². The number of rotatable bonds is 6. The predicted molar refractivity (Wildman–Crippen MR) is 236 cm³/mol. The van der Waals surface area contributed by atoms with Crippen molar-refractivity contribution < 1.29 is 0 Å². The van der Waals surface area contributed by atoms with Crippen LogP contribution in [0.1, 0.15) is 0 Å². The Morgan fingerprint density at radius 2 is 0.893 bits per heavy atom. The lowest BCUT2D eigenvalue weighted by atomic mass is 9.94. The van der Waals surface area contributed by atoms with Crippen molar-refractivity contribution in [1.29, 1.82) is 0 Å². The second kappa shape index (κ2) is 13.3. The average Bonchev–Trinajstić information content (AvgIpc) is 3.82. The molecule has 0 unspecified atom stereocenters. The second-order valence-electron chi connectivity index (χ2n) is 14.2. The maximum absolute atomic E-state index is 5.37. The highest BCUT2D eigenvalue weighted by Crippen LogP contribution is 2.43. The van der Waals surface area contributed by atoms with Crippen LogP contribution < -0.4 is 0 Å². The van der Waals surface area contributed by atoms with Gasteiger partial charge in [0.1, 0.15) is 0 Å². The molecule has 11 rings (SSSR count). The molecular formula is C52H33N3S. The van der Waals surface area contributed by atoms with Crippen molar-refractivity contribution in [2.45, 2.75) is 0 Å². The van der Waals surface area contributed by atoms with Crippen LogP contribution in [-0.2, 0) is 0 Å². The summed E-state index contributed by atoms with van der Waals surface area (Å²) in [6.45, 7) is 0. The summed E-state index contributed by atoms with van der Waals surface area (Å²) in [4.78, 5) is 10.7. The van der Waals surface area contributed by atoms with Gasteiger partial charge in [-0.2, -0.15) is 0 Å². The Morgan fingerprint density at radius 3 is 1.54 bits per heavy atom. The highest BCUT2D eigenvalue weighted by atomic mass is 32.1. The van der Waals surface area contributed by atoms with Gasteiger partial charge in [0.05, 0.1) is 26.9 Å². The Labute approximate surface area is 328 Å². The van der Waals surface area contributed by atoms with Gasteiger partial charge in [-0.05, 0) is 81.9 Å². The van der Waals surface area contributed by atoms with E-state index in [-0.39, 0.29) is 0 Å². The summed E-state index contributed by atoms with van der Waals surface area (Å²) >= 11 is 1.77. The van der Waals surface area contributed by atoms with Crippen molar-refractivity contribution >= 4 is 53.4 Å². The first-order valence-electron chi connectivity index (χ1n) is 18.9. The van der Waals surface area contributed by atoms with Gasteiger partial charge in [-0.25, -0.2) is 9.97 Å². The maximum Gasteiger partial charge on any atom is 0.160 e. The van der Waals surface area contributed by atoms with Crippen LogP contribution in [-0.4, -0.2) is 14.5 Å². The minimum Gasteiger partial charge on any atom is -0.309 e. The van der Waals surface area contributed by atoms with Gasteiger partial charge in [0.2, 0.25) is 0 Å². The summed E-state index contributed by atoms with van der Waals surface area (Å²) in [5, 5.41) is 3.66. The van der Waals surface area contributed by atoms with Gasteiger partial charge >= 0.3 is 0 Å². The predicted octanol–water partition coefficient (Wildman–Crippen LogP) is 14.3. The van der Waals surface area contributed by atoms with Crippen LogP contribution in [0, 0.1) is 0 Å². The van der Waals surface area contributed by atoms with E-state index in [1.54, 1.807) is 11.3 Å². The quantitative estimate of drug-likeness (QED) is 0.170. The number of para-hydroxylation sites is 2. The molecule has 0 saturated heterocycles. The number of nitrogens with zero attached hydrogens (tertiary/aromatic N) is 3. The van der Waals surface area contributed by atoms with Gasteiger partial charge in [0, 0.05) is 37.7 Å². The van der Waals surface area contributed by atoms with E-state index >= 15 is 0 Å². The zero-order valence-corrected chi connectivity index (χ0v) is 31.1. The van der Waals surface area contributed by atoms with Crippen LogP contribution in [0.2, 0.25) is 0 Å². The van der Waals surface area contributed by atoms with Crippen molar-refractivity contribution in [1.82, 2.24) is 14.5 Å². The molecular weight excluding hydrogens is 699 g/mol. The summed E-state index contributed by atoms with van der Waals surface area (Å²) in [6, 6.07) is 71.5. The van der Waals surface area contributed by atoms with Gasteiger partial charge in [0.15, 0.2) is 5.82 Å². The number of thiophene rings is 1. The summed E-state index contributed by atoms with van der Waals surface area (Å²) in [6.07, 6.45) is 0. The third-order valence-corrected chi connectivity index (χ3v) is 11.9. The molecule has 0 bridgehead atoms. The fourth-order valence-corrected chi connectivity index (χ4v) is 9.31. The van der Waals surface area contributed by atoms with E-state index in [1.807, 2.05) is 6.07 Å². The molecule has 3 aromatic heterocycles. The van der Waals surface area contributed by atoms with Crippen molar-refractivity contribution in [3.05, 3.63) is 200 Å². The third-order valence-electron chi connectivity index (χ3n) is 10.8. The zero-order chi connectivity index (χ0) is 37.0. The smallest absolute Gasteiger partial charge is 0.160 e. The van der Waals surface area contributed by atoms with Crippen LogP contribution in [0.3, 0.4) is 0 Å². The highest BCUT2D eigenvalue weighted by molar-refractivity contribution is 7.26. The molecule has 3 nitrogen and oxygen atoms in total. The molecule has 0 fully saturated rings. The zero-order valence-electron chi connectivity index (χ0n) is 30.3. The van der Waals surface area contributed by atoms with Crippen molar-refractivity contribution in [2.24, 2.45) is 0 Å². The first kappa shape index (κ1) is 32.3. The molecule has 0 amide bonds. The Bertz CT molecular complexity index is 3120. The molecule has 0 aliphatic rings. The standard InChI is InChI=1S/C52H33N3S/c1-4-15-34(16-5-1)39-29-40(35-17-6-2-7-18-35)31-41(30-39)49-51-50(54-52(53-49)36-19-8-3-9-20-36)45-28-27-38(33-48(45)56-51)37-21-14-22-42(32-37)55-46-25-12-10-23-43(46)44-24-11-13-26-47(44)55/h1-33H. The van der Waals surface area contributed by atoms with Crippen LogP contribution in [0.4, 0.5) is 0 Å². The number of aromatic nitrogens is 3. The number of hydrogen-bond acceptors (Lipinski definition) is 3. The Hall–Kier alpha value is -7.14. The van der Waals surface area contributed by atoms with Crippen molar-refractivity contribution in [3.8, 4) is 61.7 Å². The molecule has 3 heterocycles. The average molecular weight is 732 g/mol. The normalized spacial score (nSPS) is 11.6. The first-order chi connectivity index (χ1) is 27.7. The molecule has 0 aliphatic heterocycles. The van der Waals surface area contributed by atoms with Gasteiger partial charge in [-0.3, -0.25) is 0 Å². The Kier molecular flexibility index (Phi) is 7.68. The summed E-state index contributed by atoms with van der Waals surface area (Å²) < 4.78 is 4.65. The van der Waals surface area contributed by atoms with Gasteiger partial charge in [-0.15, -0.1) is 11.3 Å². The highest BCUT2D eigenvalue weighted by Gasteiger charge is 2.19. The second-order valence-corrected chi connectivity index (χ2v) is 15.3. The largest absolute Gasteiger partial charge is 0.309 e. The van der Waals surface area contributed by atoms with E-state index in [9.17, 15) is 0 Å². The van der Waals surface area contributed by atoms with Crippen LogP contribution in [0.15, 0.2) is 200 Å². The van der Waals surface area contributed by atoms with E-state index < -0.39 is 0 Å². The van der Waals surface area contributed by atoms with E-state index in [2.05, 4.69) is 199 Å². The minimum atomic E-state index is 0.724. The lowest BCUT2D eigenvalue weighted by Gasteiger charge is -2.12. The lowest BCUT2D eigenvalue weighted by Crippen LogP contribution is -1.94. The maximum atomic E-state index is 5.37. The SMILES string of the molecule is c1ccc(-c2cc(-c3ccccc3)cc(-c3nc(-c4ccccc4)nc4c3sc3cc(-c5cccc(-n6c7ccccc7c7ccccc76)c5)ccc34)c2)cc1. The van der Waals surface area contributed by atoms with Crippen molar-refractivity contribution in [3.63, 3.8) is 0 Å². The first-order valence-corrected chi connectivity index (χ1v) is 19.7. The van der Waals surface area contributed by atoms with E-state index in [4.69, 9.17) is 9.97 Å². The topological polar surface area (TPSA) is 30.7 Å². The monoisotopic (exact) mass is 731 g/mol. The molecule has 262 valence electrons. The van der Waals surface area contributed by atoms with Gasteiger partial charge < -0.3 is 4.57 Å². The summed E-state index contributed by atoms with van der Waals surface area (Å²) in [7, 11) is 0. The third kappa shape index (κ3) is 5.50. The van der Waals surface area contributed by atoms with Crippen LogP contribution >= 0.6 is 11.3 Å². The minimum absolute atomic E-state index is 0.724. The number of hydrogen-bond donors (Lipinski definition) is 0. The fraction of sp³-hybridized carbons (Fsp3) is 0. The summed E-state index contributed by atoms with van der Waals surface area (Å²) in [5.41, 5.74) is 14.5. The van der Waals surface area contributed by atoms with Crippen LogP contribution in [0.5, 0.6) is 0 Å². The van der Waals surface area contributed by atoms with Gasteiger partial charge in [0.25, 0.3) is 0 Å². The molecule has 11 aromatic rings. The van der Waals surface area contributed by atoms with E-state index in [0.717, 1.165) is 55.1 Å². The van der Waals surface area contributed by atoms with E-state index in [1.165, 1.54) is 48.8 Å². The molecule has 0 radical (unpaired) electrons. The summed E-state index contributed by atoms with van der Waals surface area (Å²) in [5.74, 6) is 0.724. The molecule has 4 heteroatoms.